The van der Waals surface area contributed by atoms with Gasteiger partial charge in [-0.25, -0.2) is 0 Å². The Labute approximate surface area is 134 Å². The van der Waals surface area contributed by atoms with Gasteiger partial charge in [0.15, 0.2) is 0 Å². The first-order chi connectivity index (χ1) is 10.7. The highest BCUT2D eigenvalue weighted by atomic mass is 35.5. The molecule has 1 aromatic heterocycles. The van der Waals surface area contributed by atoms with Crippen molar-refractivity contribution in [3.05, 3.63) is 46.1 Å². The van der Waals surface area contributed by atoms with E-state index in [-0.39, 0.29) is 6.67 Å². The van der Waals surface area contributed by atoms with Crippen molar-refractivity contribution in [2.24, 2.45) is 5.92 Å². The van der Waals surface area contributed by atoms with Gasteiger partial charge < -0.3 is 5.73 Å². The minimum atomic E-state index is -0.276. The first kappa shape index (κ1) is 14.0. The standard InChI is InChI=1S/C18H18ClFN2/c19-13-1-2-14-15(9-13)22-16-8-11-5-10(3-4-20)6-12(7-11)17(16)18(14)21/h1-2,5,9,11-12H,3-4,6-8H2,(H2,21,22)/t11-,12+/m1/s1/i20-1. The Bertz CT molecular complexity index is 784. The average Bonchev–Trinajstić information content (AvgIpc) is 2.46. The Morgan fingerprint density at radius 3 is 3.00 bits per heavy atom. The lowest BCUT2D eigenvalue weighted by atomic mass is 9.70. The fourth-order valence-corrected chi connectivity index (χ4v) is 4.26. The number of alkyl halides is 1. The molecule has 114 valence electrons. The van der Waals surface area contributed by atoms with Crippen molar-refractivity contribution in [1.29, 1.82) is 0 Å². The maximum absolute atomic E-state index is 12.7. The molecule has 22 heavy (non-hydrogen) atoms. The number of pyridine rings is 1. The third-order valence-corrected chi connectivity index (χ3v) is 5.19. The Morgan fingerprint density at radius 2 is 2.18 bits per heavy atom. The molecule has 2 atom stereocenters. The fraction of sp³-hybridized carbons (Fsp3) is 0.389. The minimum Gasteiger partial charge on any atom is -0.398 e. The van der Waals surface area contributed by atoms with Crippen LogP contribution in [0.2, 0.25) is 5.02 Å². The molecule has 0 amide bonds. The van der Waals surface area contributed by atoms with Gasteiger partial charge in [-0.05, 0) is 55.7 Å². The summed E-state index contributed by atoms with van der Waals surface area (Å²) in [6.07, 6.45) is 5.73. The van der Waals surface area contributed by atoms with E-state index in [9.17, 15) is 4.39 Å². The Balaban J connectivity index is 1.85. The second-order valence-electron chi connectivity index (χ2n) is 6.41. The van der Waals surface area contributed by atoms with Crippen LogP contribution >= 0.6 is 11.6 Å². The number of allylic oxidation sites excluding steroid dienone is 2. The van der Waals surface area contributed by atoms with Crippen LogP contribution in [0.4, 0.5) is 10.1 Å². The van der Waals surface area contributed by atoms with Gasteiger partial charge in [-0.3, -0.25) is 9.37 Å². The summed E-state index contributed by atoms with van der Waals surface area (Å²) in [5, 5.41) is 1.66. The van der Waals surface area contributed by atoms with Gasteiger partial charge in [0.05, 0.1) is 12.2 Å². The monoisotopic (exact) mass is 315 g/mol. The molecule has 2 aromatic rings. The van der Waals surface area contributed by atoms with E-state index in [1.165, 1.54) is 11.1 Å². The average molecular weight is 316 g/mol. The smallest absolute Gasteiger partial charge is 0.0931 e. The highest BCUT2D eigenvalue weighted by molar-refractivity contribution is 6.31. The molecule has 1 heterocycles. The Morgan fingerprint density at radius 1 is 1.32 bits per heavy atom. The van der Waals surface area contributed by atoms with Crippen molar-refractivity contribution in [2.75, 3.05) is 12.4 Å². The molecule has 4 rings (SSSR count). The number of fused-ring (bicyclic) bond motifs is 5. The van der Waals surface area contributed by atoms with Gasteiger partial charge in [-0.15, -0.1) is 0 Å². The predicted octanol–water partition coefficient (Wildman–Crippen LogP) is 4.81. The Kier molecular flexibility index (Phi) is 3.33. The molecular weight excluding hydrogens is 298 g/mol. The number of benzene rings is 1. The molecule has 2 nitrogen and oxygen atoms in total. The van der Waals surface area contributed by atoms with E-state index < -0.39 is 0 Å². The zero-order valence-corrected chi connectivity index (χ0v) is 13.0. The zero-order valence-electron chi connectivity index (χ0n) is 12.3. The van der Waals surface area contributed by atoms with Crippen LogP contribution < -0.4 is 5.73 Å². The number of anilines is 1. The molecule has 0 fully saturated rings. The first-order valence-corrected chi connectivity index (χ1v) is 8.16. The summed E-state index contributed by atoms with van der Waals surface area (Å²) < 4.78 is 12.7. The van der Waals surface area contributed by atoms with Crippen molar-refractivity contribution in [1.82, 2.24) is 4.98 Å². The summed E-state index contributed by atoms with van der Waals surface area (Å²) in [6, 6.07) is 5.69. The lowest BCUT2D eigenvalue weighted by Gasteiger charge is -2.36. The molecule has 0 saturated carbocycles. The van der Waals surface area contributed by atoms with E-state index in [1.807, 2.05) is 18.2 Å². The van der Waals surface area contributed by atoms with Crippen LogP contribution in [0.1, 0.15) is 36.4 Å². The van der Waals surface area contributed by atoms with E-state index in [1.54, 1.807) is 0 Å². The number of nitrogen functional groups attached to an aromatic ring is 1. The third-order valence-electron chi connectivity index (χ3n) is 4.95. The van der Waals surface area contributed by atoms with E-state index in [0.717, 1.165) is 41.5 Å². The van der Waals surface area contributed by atoms with Gasteiger partial charge in [0.25, 0.3) is 0 Å². The molecule has 0 spiro atoms. The van der Waals surface area contributed by atoms with E-state index >= 15 is 0 Å². The highest BCUT2D eigenvalue weighted by Crippen LogP contribution is 2.47. The predicted molar refractivity (Wildman–Crippen MR) is 89.0 cm³/mol. The summed E-state index contributed by atoms with van der Waals surface area (Å²) in [5.74, 6) is 0.851. The van der Waals surface area contributed by atoms with Crippen molar-refractivity contribution >= 4 is 28.2 Å². The molecule has 4 heteroatoms. The van der Waals surface area contributed by atoms with Crippen LogP contribution in [0, 0.1) is 5.92 Å². The molecule has 0 radical (unpaired) electrons. The SMILES string of the molecule is Nc1c2c(nc3cc(Cl)ccc13)C[C@@H]1C=C(CC[18F])C[C@H]2C1. The molecule has 2 aliphatic rings. The van der Waals surface area contributed by atoms with Crippen molar-refractivity contribution in [2.45, 2.75) is 31.6 Å². The minimum absolute atomic E-state index is 0.276. The second kappa shape index (κ2) is 5.24. The van der Waals surface area contributed by atoms with Crippen molar-refractivity contribution < 1.29 is 4.39 Å². The molecule has 0 aliphatic heterocycles. The molecule has 0 unspecified atom stereocenters. The lowest BCUT2D eigenvalue weighted by molar-refractivity contribution is 0.414. The van der Waals surface area contributed by atoms with Crippen LogP contribution in [0.3, 0.4) is 0 Å². The van der Waals surface area contributed by atoms with Crippen molar-refractivity contribution in [3.63, 3.8) is 0 Å². The van der Waals surface area contributed by atoms with Crippen LogP contribution in [0.25, 0.3) is 10.9 Å². The van der Waals surface area contributed by atoms with E-state index in [2.05, 4.69) is 6.08 Å². The van der Waals surface area contributed by atoms with Gasteiger partial charge in [-0.1, -0.05) is 23.3 Å². The van der Waals surface area contributed by atoms with Gasteiger partial charge in [0.2, 0.25) is 0 Å². The number of nitrogens with two attached hydrogens (primary N) is 1. The number of hydrogen-bond donors (Lipinski definition) is 1. The first-order valence-electron chi connectivity index (χ1n) is 7.78. The van der Waals surface area contributed by atoms with E-state index in [4.69, 9.17) is 22.3 Å². The second-order valence-corrected chi connectivity index (χ2v) is 6.85. The molecule has 2 N–H and O–H groups in total. The molecule has 0 saturated heterocycles. The van der Waals surface area contributed by atoms with Gasteiger partial charge in [-0.2, -0.15) is 0 Å². The number of aromatic nitrogens is 1. The summed E-state index contributed by atoms with van der Waals surface area (Å²) in [4.78, 5) is 4.82. The van der Waals surface area contributed by atoms with Gasteiger partial charge >= 0.3 is 0 Å². The topological polar surface area (TPSA) is 38.9 Å². The Hall–Kier alpha value is -1.61. The highest BCUT2D eigenvalue weighted by Gasteiger charge is 2.33. The lowest BCUT2D eigenvalue weighted by Crippen LogP contribution is -2.24. The maximum atomic E-state index is 12.7. The van der Waals surface area contributed by atoms with E-state index in [0.29, 0.717) is 23.3 Å². The number of nitrogens with zero attached hydrogens (tertiary/aromatic N) is 1. The third kappa shape index (κ3) is 2.19. The van der Waals surface area contributed by atoms with Crippen molar-refractivity contribution in [3.8, 4) is 0 Å². The summed E-state index contributed by atoms with van der Waals surface area (Å²) in [7, 11) is 0. The van der Waals surface area contributed by atoms with Crippen LogP contribution in [0.5, 0.6) is 0 Å². The van der Waals surface area contributed by atoms with Gasteiger partial charge in [0.1, 0.15) is 0 Å². The normalized spacial score (nSPS) is 23.3. The molecule has 1 aromatic carbocycles. The molecule has 2 bridgehead atoms. The maximum Gasteiger partial charge on any atom is 0.0931 e. The number of hydrogen-bond acceptors (Lipinski definition) is 2. The number of halogens is 2. The zero-order chi connectivity index (χ0) is 15.3. The van der Waals surface area contributed by atoms with Crippen LogP contribution in [-0.2, 0) is 6.42 Å². The summed E-state index contributed by atoms with van der Waals surface area (Å²) in [5.41, 5.74) is 11.7. The number of rotatable bonds is 2. The summed E-state index contributed by atoms with van der Waals surface area (Å²) in [6.45, 7) is -0.276. The summed E-state index contributed by atoms with van der Waals surface area (Å²) >= 11 is 6.08. The van der Waals surface area contributed by atoms with Gasteiger partial charge in [0, 0.05) is 27.4 Å². The fourth-order valence-electron chi connectivity index (χ4n) is 4.09. The molecular formula is C18H18ClFN2. The largest absolute Gasteiger partial charge is 0.398 e. The van der Waals surface area contributed by atoms with Crippen LogP contribution in [-0.4, -0.2) is 11.7 Å². The molecule has 2 aliphatic carbocycles. The quantitative estimate of drug-likeness (QED) is 0.808. The van der Waals surface area contributed by atoms with Crippen LogP contribution in [0.15, 0.2) is 29.8 Å².